The molecular formula is C47H86O9. The average Bonchev–Trinajstić information content (AvgIpc) is 3.20. The maximum atomic E-state index is 12.8. The first-order valence-electron chi connectivity index (χ1n) is 23.1. The minimum absolute atomic E-state index is 0.118. The van der Waals surface area contributed by atoms with Gasteiger partial charge in [-0.05, 0) is 70.6 Å². The highest BCUT2D eigenvalue weighted by molar-refractivity contribution is 5.69. The van der Waals surface area contributed by atoms with Gasteiger partial charge in [0.05, 0.1) is 19.8 Å². The van der Waals surface area contributed by atoms with E-state index < -0.39 is 43.4 Å². The molecule has 0 saturated carbocycles. The lowest BCUT2D eigenvalue weighted by molar-refractivity contribution is -0.305. The maximum Gasteiger partial charge on any atom is 0.306 e. The van der Waals surface area contributed by atoms with E-state index in [2.05, 4.69) is 50.3 Å². The van der Waals surface area contributed by atoms with Gasteiger partial charge in [0.25, 0.3) is 0 Å². The van der Waals surface area contributed by atoms with Crippen LogP contribution in [0.2, 0.25) is 0 Å². The van der Waals surface area contributed by atoms with Gasteiger partial charge in [-0.3, -0.25) is 4.79 Å². The van der Waals surface area contributed by atoms with E-state index in [1.54, 1.807) is 0 Å². The molecule has 1 aliphatic rings. The lowest BCUT2D eigenvalue weighted by Gasteiger charge is -2.39. The summed E-state index contributed by atoms with van der Waals surface area (Å²) in [7, 11) is 0. The van der Waals surface area contributed by atoms with Crippen molar-refractivity contribution in [3.05, 3.63) is 36.5 Å². The molecule has 328 valence electrons. The molecule has 0 radical (unpaired) electrons. The lowest BCUT2D eigenvalue weighted by atomic mass is 9.99. The number of unbranched alkanes of at least 4 members (excludes halogenated alkanes) is 22. The molecule has 1 rings (SSSR count). The molecule has 4 N–H and O–H groups in total. The Morgan fingerprint density at radius 2 is 1.04 bits per heavy atom. The summed E-state index contributed by atoms with van der Waals surface area (Å²) in [4.78, 5) is 12.8. The molecule has 9 nitrogen and oxygen atoms in total. The van der Waals surface area contributed by atoms with Crippen molar-refractivity contribution in [2.75, 3.05) is 26.4 Å². The standard InChI is InChI=1S/C47H86O9/c1-3-5-7-9-11-13-15-17-19-20-21-22-23-25-27-29-31-33-35-37-53-39-41(40-54-47-46(52)45(51)44(50)42(38-48)56-47)55-43(49)36-34-32-30-28-26-24-18-16-14-12-10-8-6-4-2/h13,15-16,18-20,41-42,44-48,50-52H,3-12,14,17,21-40H2,1-2H3/b15-13-,18-16-,20-19-. The van der Waals surface area contributed by atoms with Crippen LogP contribution >= 0.6 is 0 Å². The zero-order valence-corrected chi connectivity index (χ0v) is 35.9. The first-order valence-corrected chi connectivity index (χ1v) is 23.1. The second-order valence-corrected chi connectivity index (χ2v) is 15.8. The van der Waals surface area contributed by atoms with Crippen molar-refractivity contribution in [1.29, 1.82) is 0 Å². The maximum absolute atomic E-state index is 12.8. The van der Waals surface area contributed by atoms with E-state index >= 15 is 0 Å². The minimum Gasteiger partial charge on any atom is -0.457 e. The number of carbonyl (C=O) groups is 1. The van der Waals surface area contributed by atoms with Crippen LogP contribution in [-0.2, 0) is 23.7 Å². The first-order chi connectivity index (χ1) is 27.4. The highest BCUT2D eigenvalue weighted by atomic mass is 16.7. The number of esters is 1. The molecule has 1 saturated heterocycles. The van der Waals surface area contributed by atoms with Crippen LogP contribution in [0.25, 0.3) is 0 Å². The van der Waals surface area contributed by atoms with Gasteiger partial charge >= 0.3 is 5.97 Å². The van der Waals surface area contributed by atoms with Crippen LogP contribution in [0.1, 0.15) is 194 Å². The summed E-state index contributed by atoms with van der Waals surface area (Å²) in [5.41, 5.74) is 0. The topological polar surface area (TPSA) is 135 Å². The molecule has 0 bridgehead atoms. The van der Waals surface area contributed by atoms with Crippen molar-refractivity contribution in [2.24, 2.45) is 0 Å². The summed E-state index contributed by atoms with van der Waals surface area (Å²) in [6.45, 7) is 4.52. The van der Waals surface area contributed by atoms with Crippen LogP contribution in [0, 0.1) is 0 Å². The zero-order valence-electron chi connectivity index (χ0n) is 35.9. The number of aliphatic hydroxyl groups is 4. The summed E-state index contributed by atoms with van der Waals surface area (Å²) in [6, 6.07) is 0. The molecule has 1 fully saturated rings. The monoisotopic (exact) mass is 795 g/mol. The third-order valence-electron chi connectivity index (χ3n) is 10.5. The molecule has 0 aliphatic carbocycles. The van der Waals surface area contributed by atoms with Crippen molar-refractivity contribution in [1.82, 2.24) is 0 Å². The van der Waals surface area contributed by atoms with Gasteiger partial charge in [-0.25, -0.2) is 0 Å². The molecular weight excluding hydrogens is 709 g/mol. The van der Waals surface area contributed by atoms with E-state index in [4.69, 9.17) is 18.9 Å². The number of rotatable bonds is 39. The summed E-state index contributed by atoms with van der Waals surface area (Å²) >= 11 is 0. The molecule has 0 spiro atoms. The number of hydrogen-bond donors (Lipinski definition) is 4. The molecule has 0 aromatic heterocycles. The third kappa shape index (κ3) is 29.6. The Morgan fingerprint density at radius 1 is 0.571 bits per heavy atom. The van der Waals surface area contributed by atoms with E-state index in [0.29, 0.717) is 13.0 Å². The third-order valence-corrected chi connectivity index (χ3v) is 10.5. The van der Waals surface area contributed by atoms with Crippen molar-refractivity contribution in [2.45, 2.75) is 230 Å². The Kier molecular flexibility index (Phi) is 36.4. The van der Waals surface area contributed by atoms with Crippen molar-refractivity contribution in [3.8, 4) is 0 Å². The Labute approximate surface area is 342 Å². The van der Waals surface area contributed by atoms with Gasteiger partial charge < -0.3 is 39.4 Å². The molecule has 0 aromatic carbocycles. The van der Waals surface area contributed by atoms with E-state index in [-0.39, 0.29) is 19.2 Å². The zero-order chi connectivity index (χ0) is 40.7. The molecule has 0 aromatic rings. The average molecular weight is 795 g/mol. The highest BCUT2D eigenvalue weighted by Crippen LogP contribution is 2.22. The summed E-state index contributed by atoms with van der Waals surface area (Å²) in [5.74, 6) is -0.324. The van der Waals surface area contributed by atoms with Gasteiger partial charge in [0.1, 0.15) is 30.5 Å². The fourth-order valence-electron chi connectivity index (χ4n) is 6.87. The molecule has 1 aliphatic heterocycles. The van der Waals surface area contributed by atoms with Crippen molar-refractivity contribution >= 4 is 5.97 Å². The normalized spacial score (nSPS) is 20.9. The lowest BCUT2D eigenvalue weighted by Crippen LogP contribution is -2.59. The molecule has 0 amide bonds. The van der Waals surface area contributed by atoms with Crippen molar-refractivity contribution < 1.29 is 44.2 Å². The summed E-state index contributed by atoms with van der Waals surface area (Å²) < 4.78 is 22.8. The van der Waals surface area contributed by atoms with Crippen LogP contribution in [0.15, 0.2) is 36.5 Å². The molecule has 6 atom stereocenters. The number of hydrogen-bond acceptors (Lipinski definition) is 9. The van der Waals surface area contributed by atoms with Gasteiger partial charge in [-0.2, -0.15) is 0 Å². The molecule has 56 heavy (non-hydrogen) atoms. The van der Waals surface area contributed by atoms with E-state index in [1.807, 2.05) is 0 Å². The van der Waals surface area contributed by atoms with Crippen LogP contribution in [0.4, 0.5) is 0 Å². The fourth-order valence-corrected chi connectivity index (χ4v) is 6.87. The van der Waals surface area contributed by atoms with Gasteiger partial charge in [-0.15, -0.1) is 0 Å². The van der Waals surface area contributed by atoms with E-state index in [0.717, 1.165) is 51.4 Å². The quantitative estimate of drug-likeness (QED) is 0.0272. The summed E-state index contributed by atoms with van der Waals surface area (Å²) in [5, 5.41) is 40.1. The minimum atomic E-state index is -1.54. The van der Waals surface area contributed by atoms with Crippen LogP contribution in [0.3, 0.4) is 0 Å². The van der Waals surface area contributed by atoms with E-state index in [9.17, 15) is 25.2 Å². The Balaban J connectivity index is 2.26. The second kappa shape index (κ2) is 38.9. The van der Waals surface area contributed by atoms with Crippen molar-refractivity contribution in [3.63, 3.8) is 0 Å². The molecule has 6 unspecified atom stereocenters. The van der Waals surface area contributed by atoms with Gasteiger partial charge in [0.15, 0.2) is 6.29 Å². The Morgan fingerprint density at radius 3 is 1.57 bits per heavy atom. The largest absolute Gasteiger partial charge is 0.457 e. The van der Waals surface area contributed by atoms with Gasteiger partial charge in [0, 0.05) is 13.0 Å². The van der Waals surface area contributed by atoms with Crippen LogP contribution < -0.4 is 0 Å². The summed E-state index contributed by atoms with van der Waals surface area (Å²) in [6.07, 6.45) is 38.8. The highest BCUT2D eigenvalue weighted by Gasteiger charge is 2.44. The number of carbonyl (C=O) groups excluding carboxylic acids is 1. The fraction of sp³-hybridized carbons (Fsp3) is 0.851. The smallest absolute Gasteiger partial charge is 0.306 e. The number of allylic oxidation sites excluding steroid dienone is 6. The van der Waals surface area contributed by atoms with E-state index in [1.165, 1.54) is 122 Å². The number of aliphatic hydroxyl groups excluding tert-OH is 4. The van der Waals surface area contributed by atoms with Gasteiger partial charge in [-0.1, -0.05) is 153 Å². The predicted molar refractivity (Wildman–Crippen MR) is 228 cm³/mol. The first kappa shape index (κ1) is 52.4. The number of ether oxygens (including phenoxy) is 4. The Bertz CT molecular complexity index is 952. The second-order valence-electron chi connectivity index (χ2n) is 15.8. The molecule has 1 heterocycles. The molecule has 9 heteroatoms. The SMILES string of the molecule is CCCCCC/C=C\C/C=C\CCCCCCCCCCOCC(COC1OC(CO)C(O)C(O)C1O)OC(=O)CCCCCCC/C=C\CCCCCCC. The van der Waals surface area contributed by atoms with Crippen LogP contribution in [0.5, 0.6) is 0 Å². The Hall–Kier alpha value is -1.59. The van der Waals surface area contributed by atoms with Gasteiger partial charge in [0.2, 0.25) is 0 Å². The van der Waals surface area contributed by atoms with Crippen LogP contribution in [-0.4, -0.2) is 89.6 Å². The predicted octanol–water partition coefficient (Wildman–Crippen LogP) is 10.4.